The molecule has 1 aromatic carbocycles. The molecule has 1 amide bonds. The average molecular weight is 294 g/mol. The fourth-order valence-corrected chi connectivity index (χ4v) is 3.09. The smallest absolute Gasteiger partial charge is 0.235 e. The predicted molar refractivity (Wildman–Crippen MR) is 86.9 cm³/mol. The molecule has 0 saturated heterocycles. The van der Waals surface area contributed by atoms with Crippen LogP contribution in [-0.2, 0) is 4.79 Å². The van der Waals surface area contributed by atoms with Crippen LogP contribution in [0.25, 0.3) is 0 Å². The summed E-state index contributed by atoms with van der Waals surface area (Å²) in [6, 6.07) is 10.1. The quantitative estimate of drug-likeness (QED) is 0.786. The number of carbonyl (C=O) groups is 1. The molecular formula is C16H26N2OS. The molecule has 1 unspecified atom stereocenters. The number of hydrogen-bond donors (Lipinski definition) is 1. The highest BCUT2D eigenvalue weighted by atomic mass is 32.2. The number of hydrogen-bond acceptors (Lipinski definition) is 3. The lowest BCUT2D eigenvalue weighted by atomic mass is 9.93. The van der Waals surface area contributed by atoms with Crippen molar-refractivity contribution < 1.29 is 4.79 Å². The van der Waals surface area contributed by atoms with Gasteiger partial charge in [0.05, 0.1) is 5.25 Å². The van der Waals surface area contributed by atoms with E-state index < -0.39 is 0 Å². The normalized spacial score (nSPS) is 13.1. The maximum atomic E-state index is 12.5. The molecule has 0 aliphatic rings. The Labute approximate surface area is 126 Å². The zero-order valence-electron chi connectivity index (χ0n) is 12.9. The van der Waals surface area contributed by atoms with Gasteiger partial charge in [-0.2, -0.15) is 0 Å². The van der Waals surface area contributed by atoms with E-state index in [1.807, 2.05) is 42.3 Å². The van der Waals surface area contributed by atoms with Crippen molar-refractivity contribution in [2.45, 2.75) is 37.3 Å². The SMILES string of the molecule is CCC(Sc1ccccc1)C(=O)N(C)CC(C)(C)CN. The second-order valence-corrected chi connectivity index (χ2v) is 7.17. The Morgan fingerprint density at radius 1 is 1.35 bits per heavy atom. The summed E-state index contributed by atoms with van der Waals surface area (Å²) in [4.78, 5) is 15.5. The zero-order chi connectivity index (χ0) is 15.2. The van der Waals surface area contributed by atoms with Crippen LogP contribution in [0, 0.1) is 5.41 Å². The van der Waals surface area contributed by atoms with Crippen LogP contribution in [0.1, 0.15) is 27.2 Å². The first-order valence-electron chi connectivity index (χ1n) is 7.06. The summed E-state index contributed by atoms with van der Waals surface area (Å²) in [5.74, 6) is 0.183. The molecule has 3 nitrogen and oxygen atoms in total. The standard InChI is InChI=1S/C16H26N2OS/c1-5-14(20-13-9-7-6-8-10-13)15(19)18(4)12-16(2,3)11-17/h6-10,14H,5,11-12,17H2,1-4H3. The van der Waals surface area contributed by atoms with Gasteiger partial charge in [-0.3, -0.25) is 4.79 Å². The van der Waals surface area contributed by atoms with Crippen LogP contribution in [0.2, 0.25) is 0 Å². The number of thioether (sulfide) groups is 1. The third kappa shape index (κ3) is 5.17. The summed E-state index contributed by atoms with van der Waals surface area (Å²) < 4.78 is 0. The first-order chi connectivity index (χ1) is 9.39. The molecule has 0 bridgehead atoms. The van der Waals surface area contributed by atoms with Gasteiger partial charge >= 0.3 is 0 Å². The molecule has 0 radical (unpaired) electrons. The van der Waals surface area contributed by atoms with E-state index in [0.717, 1.165) is 11.3 Å². The minimum Gasteiger partial charge on any atom is -0.344 e. The van der Waals surface area contributed by atoms with Gasteiger partial charge in [-0.1, -0.05) is 39.0 Å². The Bertz CT molecular complexity index is 420. The largest absolute Gasteiger partial charge is 0.344 e. The molecule has 0 heterocycles. The van der Waals surface area contributed by atoms with Crippen LogP contribution >= 0.6 is 11.8 Å². The molecule has 0 aliphatic carbocycles. The van der Waals surface area contributed by atoms with Crippen LogP contribution in [-0.4, -0.2) is 36.2 Å². The van der Waals surface area contributed by atoms with Crippen molar-refractivity contribution in [1.29, 1.82) is 0 Å². The molecular weight excluding hydrogens is 268 g/mol. The Balaban J connectivity index is 2.67. The van der Waals surface area contributed by atoms with E-state index in [-0.39, 0.29) is 16.6 Å². The van der Waals surface area contributed by atoms with Crippen LogP contribution in [0.5, 0.6) is 0 Å². The van der Waals surface area contributed by atoms with Crippen LogP contribution in [0.4, 0.5) is 0 Å². The molecule has 0 aromatic heterocycles. The van der Waals surface area contributed by atoms with E-state index in [4.69, 9.17) is 5.73 Å². The summed E-state index contributed by atoms with van der Waals surface area (Å²) >= 11 is 1.64. The number of nitrogens with two attached hydrogens (primary N) is 1. The van der Waals surface area contributed by atoms with E-state index in [0.29, 0.717) is 13.1 Å². The molecule has 112 valence electrons. The molecule has 1 atom stereocenters. The van der Waals surface area contributed by atoms with Crippen LogP contribution in [0.15, 0.2) is 35.2 Å². The van der Waals surface area contributed by atoms with Gasteiger partial charge in [0.1, 0.15) is 0 Å². The van der Waals surface area contributed by atoms with Crippen molar-refractivity contribution in [3.05, 3.63) is 30.3 Å². The number of benzene rings is 1. The van der Waals surface area contributed by atoms with Crippen molar-refractivity contribution in [3.63, 3.8) is 0 Å². The summed E-state index contributed by atoms with van der Waals surface area (Å²) in [5.41, 5.74) is 5.70. The monoisotopic (exact) mass is 294 g/mol. The molecule has 0 aliphatic heterocycles. The second kappa shape index (κ2) is 7.70. The van der Waals surface area contributed by atoms with Gasteiger partial charge in [0.2, 0.25) is 5.91 Å². The van der Waals surface area contributed by atoms with Crippen molar-refractivity contribution in [3.8, 4) is 0 Å². The van der Waals surface area contributed by atoms with Crippen molar-refractivity contribution >= 4 is 17.7 Å². The highest BCUT2D eigenvalue weighted by Gasteiger charge is 2.26. The molecule has 0 saturated carbocycles. The molecule has 0 fully saturated rings. The molecule has 1 rings (SSSR count). The fraction of sp³-hybridized carbons (Fsp3) is 0.562. The Kier molecular flexibility index (Phi) is 6.56. The van der Waals surface area contributed by atoms with Crippen molar-refractivity contribution in [2.75, 3.05) is 20.1 Å². The van der Waals surface area contributed by atoms with E-state index in [2.05, 4.69) is 20.8 Å². The Hall–Kier alpha value is -1.00. The van der Waals surface area contributed by atoms with Gasteiger partial charge < -0.3 is 10.6 Å². The molecule has 20 heavy (non-hydrogen) atoms. The lowest BCUT2D eigenvalue weighted by Crippen LogP contribution is -2.43. The number of nitrogens with zero attached hydrogens (tertiary/aromatic N) is 1. The number of rotatable bonds is 7. The average Bonchev–Trinajstić information content (AvgIpc) is 2.44. The predicted octanol–water partition coefficient (Wildman–Crippen LogP) is 3.00. The first-order valence-corrected chi connectivity index (χ1v) is 7.94. The maximum absolute atomic E-state index is 12.5. The third-order valence-corrected chi connectivity index (χ3v) is 4.63. The molecule has 2 N–H and O–H groups in total. The minimum absolute atomic E-state index is 0.0315. The van der Waals surface area contributed by atoms with Gasteiger partial charge in [-0.15, -0.1) is 11.8 Å². The first kappa shape index (κ1) is 17.1. The van der Waals surface area contributed by atoms with Gasteiger partial charge in [0.25, 0.3) is 0 Å². The highest BCUT2D eigenvalue weighted by Crippen LogP contribution is 2.27. The van der Waals surface area contributed by atoms with Gasteiger partial charge in [0, 0.05) is 18.5 Å². The summed E-state index contributed by atoms with van der Waals surface area (Å²) in [6.45, 7) is 7.49. The number of amides is 1. The number of carbonyl (C=O) groups excluding carboxylic acids is 1. The van der Waals surface area contributed by atoms with Gasteiger partial charge in [0.15, 0.2) is 0 Å². The third-order valence-electron chi connectivity index (χ3n) is 3.26. The lowest BCUT2D eigenvalue weighted by Gasteiger charge is -2.31. The topological polar surface area (TPSA) is 46.3 Å². The van der Waals surface area contributed by atoms with E-state index in [1.165, 1.54) is 0 Å². The highest BCUT2D eigenvalue weighted by molar-refractivity contribution is 8.00. The Morgan fingerprint density at radius 3 is 2.45 bits per heavy atom. The van der Waals surface area contributed by atoms with Crippen molar-refractivity contribution in [1.82, 2.24) is 4.90 Å². The second-order valence-electron chi connectivity index (χ2n) is 5.89. The molecule has 1 aromatic rings. The van der Waals surface area contributed by atoms with Gasteiger partial charge in [-0.05, 0) is 30.5 Å². The van der Waals surface area contributed by atoms with Crippen LogP contribution < -0.4 is 5.73 Å². The van der Waals surface area contributed by atoms with Crippen LogP contribution in [0.3, 0.4) is 0 Å². The maximum Gasteiger partial charge on any atom is 0.235 e. The van der Waals surface area contributed by atoms with E-state index >= 15 is 0 Å². The van der Waals surface area contributed by atoms with E-state index in [1.54, 1.807) is 11.8 Å². The fourth-order valence-electron chi connectivity index (χ4n) is 2.00. The Morgan fingerprint density at radius 2 is 1.95 bits per heavy atom. The molecule has 0 spiro atoms. The summed E-state index contributed by atoms with van der Waals surface area (Å²) in [7, 11) is 1.87. The summed E-state index contributed by atoms with van der Waals surface area (Å²) in [5, 5.41) is -0.0315. The van der Waals surface area contributed by atoms with E-state index in [9.17, 15) is 4.79 Å². The molecule has 4 heteroatoms. The minimum atomic E-state index is -0.0416. The zero-order valence-corrected chi connectivity index (χ0v) is 13.7. The lowest BCUT2D eigenvalue weighted by molar-refractivity contribution is -0.130. The summed E-state index contributed by atoms with van der Waals surface area (Å²) in [6.07, 6.45) is 0.825. The van der Waals surface area contributed by atoms with Crippen molar-refractivity contribution in [2.24, 2.45) is 11.1 Å². The van der Waals surface area contributed by atoms with Gasteiger partial charge in [-0.25, -0.2) is 0 Å².